The average molecular weight is 332 g/mol. The third-order valence-electron chi connectivity index (χ3n) is 3.44. The summed E-state index contributed by atoms with van der Waals surface area (Å²) >= 11 is 1.32. The number of nitrogens with one attached hydrogen (secondary N) is 2. The number of sulfonamides is 1. The molecule has 1 aromatic heterocycles. The Morgan fingerprint density at radius 1 is 1.38 bits per heavy atom. The highest BCUT2D eigenvalue weighted by molar-refractivity contribution is 7.92. The van der Waals surface area contributed by atoms with E-state index < -0.39 is 10.0 Å². The molecule has 1 fully saturated rings. The van der Waals surface area contributed by atoms with Gasteiger partial charge in [-0.1, -0.05) is 31.6 Å². The topological polar surface area (TPSA) is 84.0 Å². The van der Waals surface area contributed by atoms with Gasteiger partial charge < -0.3 is 5.32 Å². The zero-order valence-electron chi connectivity index (χ0n) is 12.6. The number of rotatable bonds is 7. The van der Waals surface area contributed by atoms with Crippen LogP contribution in [0, 0.1) is 5.92 Å². The fourth-order valence-electron chi connectivity index (χ4n) is 2.38. The lowest BCUT2D eigenvalue weighted by molar-refractivity contribution is 0.393. The first-order valence-electron chi connectivity index (χ1n) is 7.51. The van der Waals surface area contributed by atoms with Crippen molar-refractivity contribution in [1.82, 2.24) is 15.5 Å². The molecule has 0 radical (unpaired) electrons. The summed E-state index contributed by atoms with van der Waals surface area (Å²) in [5.74, 6) is 0.615. The van der Waals surface area contributed by atoms with Crippen molar-refractivity contribution in [2.24, 2.45) is 5.92 Å². The van der Waals surface area contributed by atoms with Gasteiger partial charge in [0.05, 0.1) is 5.75 Å². The molecule has 0 saturated carbocycles. The maximum atomic E-state index is 12.1. The van der Waals surface area contributed by atoms with Gasteiger partial charge >= 0.3 is 0 Å². The molecule has 1 saturated heterocycles. The minimum atomic E-state index is -3.33. The summed E-state index contributed by atoms with van der Waals surface area (Å²) in [6, 6.07) is 0.321. The van der Waals surface area contributed by atoms with E-state index >= 15 is 0 Å². The van der Waals surface area contributed by atoms with E-state index in [9.17, 15) is 8.42 Å². The van der Waals surface area contributed by atoms with Crippen LogP contribution in [0.1, 0.15) is 44.5 Å². The molecule has 2 heterocycles. The lowest BCUT2D eigenvalue weighted by Crippen LogP contribution is -2.36. The van der Waals surface area contributed by atoms with Crippen molar-refractivity contribution in [2.75, 3.05) is 17.0 Å². The van der Waals surface area contributed by atoms with Crippen LogP contribution in [0.4, 0.5) is 5.13 Å². The van der Waals surface area contributed by atoms with Gasteiger partial charge in [0.15, 0.2) is 0 Å². The Morgan fingerprint density at radius 3 is 2.86 bits per heavy atom. The third-order valence-corrected chi connectivity index (χ3v) is 5.71. The number of anilines is 1. The standard InChI is InChI=1S/C13H24N4O2S2/c1-10(2)9-12-15-16-13(20-12)17-21(18,19)8-6-11-5-3-4-7-14-11/h10-11,14H,3-9H2,1-2H3,(H,16,17). The van der Waals surface area contributed by atoms with Crippen LogP contribution in [0.2, 0.25) is 0 Å². The maximum absolute atomic E-state index is 12.1. The fourth-order valence-corrected chi connectivity index (χ4v) is 4.73. The Balaban J connectivity index is 1.83. The zero-order valence-corrected chi connectivity index (χ0v) is 14.3. The van der Waals surface area contributed by atoms with Crippen LogP contribution < -0.4 is 10.0 Å². The number of hydrogen-bond donors (Lipinski definition) is 2. The van der Waals surface area contributed by atoms with Crippen LogP contribution in [0.15, 0.2) is 0 Å². The van der Waals surface area contributed by atoms with Crippen molar-refractivity contribution in [2.45, 2.75) is 52.0 Å². The van der Waals surface area contributed by atoms with Crippen LogP contribution in [-0.4, -0.2) is 37.0 Å². The van der Waals surface area contributed by atoms with Gasteiger partial charge in [-0.15, -0.1) is 10.2 Å². The molecule has 0 bridgehead atoms. The largest absolute Gasteiger partial charge is 0.314 e. The second-order valence-electron chi connectivity index (χ2n) is 5.96. The molecule has 1 aliphatic heterocycles. The van der Waals surface area contributed by atoms with Crippen molar-refractivity contribution in [3.8, 4) is 0 Å². The highest BCUT2D eigenvalue weighted by atomic mass is 32.2. The van der Waals surface area contributed by atoms with Crippen LogP contribution in [-0.2, 0) is 16.4 Å². The van der Waals surface area contributed by atoms with Crippen molar-refractivity contribution >= 4 is 26.5 Å². The van der Waals surface area contributed by atoms with Gasteiger partial charge in [0.25, 0.3) is 0 Å². The van der Waals surface area contributed by atoms with Gasteiger partial charge in [-0.05, 0) is 31.7 Å². The highest BCUT2D eigenvalue weighted by Gasteiger charge is 2.19. The first kappa shape index (κ1) is 16.6. The third kappa shape index (κ3) is 5.88. The van der Waals surface area contributed by atoms with E-state index in [2.05, 4.69) is 34.1 Å². The van der Waals surface area contributed by atoms with Crippen LogP contribution in [0.5, 0.6) is 0 Å². The van der Waals surface area contributed by atoms with Gasteiger partial charge in [0.1, 0.15) is 5.01 Å². The number of aromatic nitrogens is 2. The van der Waals surface area contributed by atoms with E-state index in [1.165, 1.54) is 24.2 Å². The fraction of sp³-hybridized carbons (Fsp3) is 0.846. The summed E-state index contributed by atoms with van der Waals surface area (Å²) in [7, 11) is -3.33. The molecule has 0 aromatic carbocycles. The van der Waals surface area contributed by atoms with Crippen molar-refractivity contribution < 1.29 is 8.42 Å². The number of nitrogens with zero attached hydrogens (tertiary/aromatic N) is 2. The second kappa shape index (κ2) is 7.51. The van der Waals surface area contributed by atoms with Gasteiger partial charge in [0.2, 0.25) is 15.2 Å². The molecule has 1 aromatic rings. The molecule has 6 nitrogen and oxygen atoms in total. The average Bonchev–Trinajstić information content (AvgIpc) is 2.83. The van der Waals surface area contributed by atoms with Crippen LogP contribution in [0.3, 0.4) is 0 Å². The van der Waals surface area contributed by atoms with Gasteiger partial charge in [0, 0.05) is 12.5 Å². The van der Waals surface area contributed by atoms with Crippen LogP contribution in [0.25, 0.3) is 0 Å². The minimum Gasteiger partial charge on any atom is -0.314 e. The Kier molecular flexibility index (Phi) is 5.95. The number of hydrogen-bond acceptors (Lipinski definition) is 6. The SMILES string of the molecule is CC(C)Cc1nnc(NS(=O)(=O)CCC2CCCCN2)s1. The summed E-state index contributed by atoms with van der Waals surface area (Å²) in [5, 5.41) is 12.5. The van der Waals surface area contributed by atoms with Crippen molar-refractivity contribution in [1.29, 1.82) is 0 Å². The Hall–Kier alpha value is -0.730. The minimum absolute atomic E-state index is 0.129. The molecular weight excluding hydrogens is 308 g/mol. The number of piperidine rings is 1. The quantitative estimate of drug-likeness (QED) is 0.798. The molecule has 0 amide bonds. The lowest BCUT2D eigenvalue weighted by atomic mass is 10.0. The zero-order chi connectivity index (χ0) is 15.3. The molecular formula is C13H24N4O2S2. The molecule has 120 valence electrons. The van der Waals surface area contributed by atoms with Gasteiger partial charge in [-0.25, -0.2) is 8.42 Å². The summed E-state index contributed by atoms with van der Waals surface area (Å²) in [6.07, 6.45) is 4.90. The van der Waals surface area contributed by atoms with E-state index in [0.29, 0.717) is 23.5 Å². The monoisotopic (exact) mass is 332 g/mol. The smallest absolute Gasteiger partial charge is 0.234 e. The summed E-state index contributed by atoms with van der Waals surface area (Å²) in [4.78, 5) is 0. The Morgan fingerprint density at radius 2 is 2.19 bits per heavy atom. The van der Waals surface area contributed by atoms with E-state index in [1.807, 2.05) is 0 Å². The second-order valence-corrected chi connectivity index (χ2v) is 8.86. The normalized spacial score (nSPS) is 19.9. The van der Waals surface area contributed by atoms with Gasteiger partial charge in [-0.3, -0.25) is 4.72 Å². The molecule has 1 aliphatic rings. The summed E-state index contributed by atoms with van der Waals surface area (Å²) in [6.45, 7) is 5.19. The summed E-state index contributed by atoms with van der Waals surface area (Å²) < 4.78 is 26.7. The molecule has 2 N–H and O–H groups in total. The van der Waals surface area contributed by atoms with Gasteiger partial charge in [-0.2, -0.15) is 0 Å². The van der Waals surface area contributed by atoms with E-state index in [-0.39, 0.29) is 5.75 Å². The predicted octanol–water partition coefficient (Wildman–Crippen LogP) is 2.01. The molecule has 0 spiro atoms. The first-order chi connectivity index (χ1) is 9.94. The highest BCUT2D eigenvalue weighted by Crippen LogP contribution is 2.20. The van der Waals surface area contributed by atoms with E-state index in [0.717, 1.165) is 24.4 Å². The molecule has 2 rings (SSSR count). The molecule has 0 aliphatic carbocycles. The predicted molar refractivity (Wildman–Crippen MR) is 86.1 cm³/mol. The Labute approximate surface area is 130 Å². The maximum Gasteiger partial charge on any atom is 0.234 e. The van der Waals surface area contributed by atoms with E-state index in [1.54, 1.807) is 0 Å². The summed E-state index contributed by atoms with van der Waals surface area (Å²) in [5.41, 5.74) is 0. The van der Waals surface area contributed by atoms with E-state index in [4.69, 9.17) is 0 Å². The molecule has 8 heteroatoms. The Bertz CT molecular complexity index is 536. The van der Waals surface area contributed by atoms with Crippen LogP contribution >= 0.6 is 11.3 Å². The molecule has 1 atom stereocenters. The molecule has 21 heavy (non-hydrogen) atoms. The molecule has 1 unspecified atom stereocenters. The van der Waals surface area contributed by atoms with Crippen molar-refractivity contribution in [3.05, 3.63) is 5.01 Å². The first-order valence-corrected chi connectivity index (χ1v) is 9.98. The van der Waals surface area contributed by atoms with Crippen molar-refractivity contribution in [3.63, 3.8) is 0 Å². The lowest BCUT2D eigenvalue weighted by Gasteiger charge is -2.23.